The molecule has 1 aliphatic rings. The molecule has 1 aromatic rings. The summed E-state index contributed by atoms with van der Waals surface area (Å²) in [6.07, 6.45) is 2.11. The van der Waals surface area contributed by atoms with Crippen LogP contribution in [0.3, 0.4) is 0 Å². The number of hydrogen-bond acceptors (Lipinski definition) is 2. The predicted molar refractivity (Wildman–Crippen MR) is 49.3 cm³/mol. The van der Waals surface area contributed by atoms with Crippen molar-refractivity contribution < 1.29 is 13.5 Å². The first-order valence-electron chi connectivity index (χ1n) is 4.72. The first-order valence-corrected chi connectivity index (χ1v) is 4.72. The molecule has 0 radical (unpaired) electrons. The van der Waals surface area contributed by atoms with E-state index in [1.165, 1.54) is 0 Å². The Bertz CT molecular complexity index is 398. The smallest absolute Gasteiger partial charge is 0.190 e. The van der Waals surface area contributed by atoms with Gasteiger partial charge in [0.1, 0.15) is 0 Å². The molecule has 0 atom stereocenters. The molecule has 1 aromatic carbocycles. The molecule has 0 unspecified atom stereocenters. The van der Waals surface area contributed by atoms with Gasteiger partial charge < -0.3 is 4.74 Å². The van der Waals surface area contributed by atoms with E-state index in [4.69, 9.17) is 10.00 Å². The lowest BCUT2D eigenvalue weighted by molar-refractivity contribution is 0.270. The summed E-state index contributed by atoms with van der Waals surface area (Å²) in [6, 6.07) is 3.63. The van der Waals surface area contributed by atoms with Crippen LogP contribution in [0.1, 0.15) is 18.4 Å². The monoisotopic (exact) mass is 209 g/mol. The van der Waals surface area contributed by atoms with E-state index < -0.39 is 11.6 Å². The second kappa shape index (κ2) is 3.85. The molecule has 0 amide bonds. The highest BCUT2D eigenvalue weighted by atomic mass is 19.1. The third kappa shape index (κ3) is 2.24. The number of hydrogen-bond donors (Lipinski definition) is 0. The van der Waals surface area contributed by atoms with Gasteiger partial charge in [-0.3, -0.25) is 0 Å². The fourth-order valence-electron chi connectivity index (χ4n) is 1.25. The van der Waals surface area contributed by atoms with Crippen molar-refractivity contribution in [2.24, 2.45) is 5.92 Å². The molecule has 1 aliphatic carbocycles. The second-order valence-electron chi connectivity index (χ2n) is 3.64. The third-order valence-electron chi connectivity index (χ3n) is 2.29. The van der Waals surface area contributed by atoms with Crippen molar-refractivity contribution in [3.63, 3.8) is 0 Å². The molecule has 15 heavy (non-hydrogen) atoms. The Labute approximate surface area is 86.1 Å². The highest BCUT2D eigenvalue weighted by molar-refractivity contribution is 5.37. The average Bonchev–Trinajstić information content (AvgIpc) is 3.00. The van der Waals surface area contributed by atoms with Crippen LogP contribution >= 0.6 is 0 Å². The highest BCUT2D eigenvalue weighted by Gasteiger charge is 2.23. The van der Waals surface area contributed by atoms with Crippen molar-refractivity contribution in [3.8, 4) is 11.8 Å². The van der Waals surface area contributed by atoms with Crippen LogP contribution in [-0.4, -0.2) is 6.61 Å². The van der Waals surface area contributed by atoms with Gasteiger partial charge in [-0.2, -0.15) is 5.26 Å². The second-order valence-corrected chi connectivity index (χ2v) is 3.64. The molecule has 0 aliphatic heterocycles. The summed E-state index contributed by atoms with van der Waals surface area (Å²) in [5.74, 6) is -1.57. The van der Waals surface area contributed by atoms with E-state index >= 15 is 0 Å². The summed E-state index contributed by atoms with van der Waals surface area (Å²) in [5.41, 5.74) is -0.0382. The average molecular weight is 209 g/mol. The van der Waals surface area contributed by atoms with Gasteiger partial charge in [0.15, 0.2) is 17.4 Å². The van der Waals surface area contributed by atoms with Crippen molar-refractivity contribution in [2.75, 3.05) is 6.61 Å². The van der Waals surface area contributed by atoms with Crippen molar-refractivity contribution in [1.82, 2.24) is 0 Å². The zero-order chi connectivity index (χ0) is 10.8. The quantitative estimate of drug-likeness (QED) is 0.766. The molecule has 0 aromatic heterocycles. The van der Waals surface area contributed by atoms with E-state index in [0.717, 1.165) is 25.0 Å². The molecule has 2 rings (SSSR count). The molecule has 4 heteroatoms. The van der Waals surface area contributed by atoms with E-state index in [0.29, 0.717) is 12.5 Å². The van der Waals surface area contributed by atoms with Gasteiger partial charge in [0.25, 0.3) is 0 Å². The van der Waals surface area contributed by atoms with Crippen molar-refractivity contribution in [3.05, 3.63) is 29.3 Å². The Morgan fingerprint density at radius 1 is 1.33 bits per heavy atom. The van der Waals surface area contributed by atoms with Crippen LogP contribution in [0.15, 0.2) is 12.1 Å². The number of nitrogens with zero attached hydrogens (tertiary/aromatic N) is 1. The van der Waals surface area contributed by atoms with Crippen LogP contribution in [0.4, 0.5) is 8.78 Å². The third-order valence-corrected chi connectivity index (χ3v) is 2.29. The fraction of sp³-hybridized carbons (Fsp3) is 0.364. The summed E-state index contributed by atoms with van der Waals surface area (Å²) in [6.45, 7) is 0.347. The number of halogens is 2. The largest absolute Gasteiger partial charge is 0.487 e. The first kappa shape index (κ1) is 9.91. The minimum Gasteiger partial charge on any atom is -0.487 e. The Balaban J connectivity index is 2.18. The van der Waals surface area contributed by atoms with Crippen LogP contribution in [0.5, 0.6) is 5.75 Å². The summed E-state index contributed by atoms with van der Waals surface area (Å²) in [5, 5.41) is 8.48. The molecule has 1 fully saturated rings. The van der Waals surface area contributed by atoms with Gasteiger partial charge in [-0.05, 0) is 30.9 Å². The van der Waals surface area contributed by atoms with Gasteiger partial charge in [0, 0.05) is 0 Å². The topological polar surface area (TPSA) is 33.0 Å². The normalized spacial score (nSPS) is 14.7. The number of nitriles is 1. The molecule has 0 N–H and O–H groups in total. The summed E-state index contributed by atoms with van der Waals surface area (Å²) in [7, 11) is 0. The summed E-state index contributed by atoms with van der Waals surface area (Å²) < 4.78 is 31.5. The van der Waals surface area contributed by atoms with Crippen LogP contribution in [0.2, 0.25) is 0 Å². The Morgan fingerprint density at radius 2 is 1.93 bits per heavy atom. The van der Waals surface area contributed by atoms with E-state index in [1.807, 2.05) is 0 Å². The Kier molecular flexibility index (Phi) is 2.55. The van der Waals surface area contributed by atoms with E-state index in [2.05, 4.69) is 0 Å². The minimum atomic E-state index is -0.813. The molecular weight excluding hydrogens is 200 g/mol. The molecule has 0 bridgehead atoms. The van der Waals surface area contributed by atoms with Gasteiger partial charge in [-0.15, -0.1) is 0 Å². The van der Waals surface area contributed by atoms with Crippen LogP contribution in [0.25, 0.3) is 0 Å². The maximum absolute atomic E-state index is 13.3. The minimum absolute atomic E-state index is 0.0382. The lowest BCUT2D eigenvalue weighted by Crippen LogP contribution is -2.03. The standard InChI is InChI=1S/C11H9F2NO/c12-9-3-8(5-14)4-10(13)11(9)15-6-7-1-2-7/h3-4,7H,1-2,6H2. The Hall–Kier alpha value is -1.63. The molecule has 0 saturated heterocycles. The SMILES string of the molecule is N#Cc1cc(F)c(OCC2CC2)c(F)c1. The zero-order valence-electron chi connectivity index (χ0n) is 7.96. The molecular formula is C11H9F2NO. The Morgan fingerprint density at radius 3 is 2.40 bits per heavy atom. The van der Waals surface area contributed by atoms with Crippen LogP contribution in [0, 0.1) is 28.9 Å². The molecule has 78 valence electrons. The maximum Gasteiger partial charge on any atom is 0.190 e. The van der Waals surface area contributed by atoms with Gasteiger partial charge >= 0.3 is 0 Å². The zero-order valence-corrected chi connectivity index (χ0v) is 7.96. The summed E-state index contributed by atoms with van der Waals surface area (Å²) in [4.78, 5) is 0. The number of ether oxygens (including phenoxy) is 1. The van der Waals surface area contributed by atoms with Crippen molar-refractivity contribution in [1.29, 1.82) is 5.26 Å². The lowest BCUT2D eigenvalue weighted by Gasteiger charge is -2.07. The van der Waals surface area contributed by atoms with Crippen LogP contribution < -0.4 is 4.74 Å². The molecule has 0 heterocycles. The highest BCUT2D eigenvalue weighted by Crippen LogP contribution is 2.31. The molecule has 0 spiro atoms. The van der Waals surface area contributed by atoms with E-state index in [9.17, 15) is 8.78 Å². The molecule has 1 saturated carbocycles. The van der Waals surface area contributed by atoms with Gasteiger partial charge in [-0.25, -0.2) is 8.78 Å². The fourth-order valence-corrected chi connectivity index (χ4v) is 1.25. The number of benzene rings is 1. The maximum atomic E-state index is 13.3. The van der Waals surface area contributed by atoms with Gasteiger partial charge in [-0.1, -0.05) is 0 Å². The van der Waals surface area contributed by atoms with E-state index in [-0.39, 0.29) is 11.3 Å². The van der Waals surface area contributed by atoms with Crippen molar-refractivity contribution in [2.45, 2.75) is 12.8 Å². The van der Waals surface area contributed by atoms with Crippen molar-refractivity contribution >= 4 is 0 Å². The number of rotatable bonds is 3. The lowest BCUT2D eigenvalue weighted by atomic mass is 10.2. The van der Waals surface area contributed by atoms with Gasteiger partial charge in [0.2, 0.25) is 0 Å². The first-order chi connectivity index (χ1) is 7.20. The van der Waals surface area contributed by atoms with Crippen LogP contribution in [-0.2, 0) is 0 Å². The van der Waals surface area contributed by atoms with E-state index in [1.54, 1.807) is 6.07 Å². The molecule has 2 nitrogen and oxygen atoms in total. The van der Waals surface area contributed by atoms with Gasteiger partial charge in [0.05, 0.1) is 18.2 Å². The summed E-state index contributed by atoms with van der Waals surface area (Å²) >= 11 is 0. The predicted octanol–water partition coefficient (Wildman–Crippen LogP) is 2.63.